The summed E-state index contributed by atoms with van der Waals surface area (Å²) in [5, 5.41) is 2.64. The molecule has 0 unspecified atom stereocenters. The van der Waals surface area contributed by atoms with Crippen molar-refractivity contribution < 1.29 is 8.42 Å². The Morgan fingerprint density at radius 1 is 1.43 bits per heavy atom. The fourth-order valence-corrected chi connectivity index (χ4v) is 1.58. The molecule has 0 bridgehead atoms. The molecule has 0 fully saturated rings. The maximum atomic E-state index is 10.8. The molecule has 0 radical (unpaired) electrons. The van der Waals surface area contributed by atoms with Gasteiger partial charge < -0.3 is 0 Å². The van der Waals surface area contributed by atoms with Crippen LogP contribution in [0.15, 0.2) is 22.7 Å². The van der Waals surface area contributed by atoms with Crippen molar-refractivity contribution >= 4 is 37.4 Å². The smallest absolute Gasteiger partial charge is 0.214 e. The van der Waals surface area contributed by atoms with Gasteiger partial charge in [-0.2, -0.15) is 0 Å². The molecule has 5 heteroatoms. The molecule has 14 heavy (non-hydrogen) atoms. The molecule has 1 aromatic rings. The first-order valence-electron chi connectivity index (χ1n) is 3.57. The average molecular weight is 294 g/mol. The molecule has 0 saturated heterocycles. The zero-order valence-electron chi connectivity index (χ0n) is 7.21. The molecule has 0 N–H and O–H groups in total. The summed E-state index contributed by atoms with van der Waals surface area (Å²) in [4.78, 5) is 0. The third kappa shape index (κ3) is 3.33. The van der Waals surface area contributed by atoms with E-state index in [9.17, 15) is 8.42 Å². The Morgan fingerprint density at radius 3 is 2.64 bits per heavy atom. The van der Waals surface area contributed by atoms with Gasteiger partial charge in [0.1, 0.15) is 0 Å². The second-order valence-electron chi connectivity index (χ2n) is 2.60. The SMILES string of the molecule is CS(=O)(=O)C#Cc1cccc(Cl)c1Br. The standard InChI is InChI=1S/C9H6BrClO2S/c1-14(12,13)6-5-7-3-2-4-8(11)9(7)10/h2-4H,1H3. The summed E-state index contributed by atoms with van der Waals surface area (Å²) < 4.78 is 22.2. The molecule has 1 aromatic carbocycles. The number of sulfone groups is 1. The van der Waals surface area contributed by atoms with E-state index in [1.54, 1.807) is 18.2 Å². The van der Waals surface area contributed by atoms with Gasteiger partial charge in [0.15, 0.2) is 0 Å². The first-order valence-corrected chi connectivity index (χ1v) is 6.63. The van der Waals surface area contributed by atoms with Gasteiger partial charge in [-0.3, -0.25) is 0 Å². The summed E-state index contributed by atoms with van der Waals surface area (Å²) >= 11 is 9.02. The zero-order chi connectivity index (χ0) is 10.8. The van der Waals surface area contributed by atoms with Gasteiger partial charge in [0.2, 0.25) is 9.84 Å². The van der Waals surface area contributed by atoms with Crippen LogP contribution >= 0.6 is 27.5 Å². The monoisotopic (exact) mass is 292 g/mol. The Balaban J connectivity index is 3.21. The zero-order valence-corrected chi connectivity index (χ0v) is 10.4. The molecule has 0 saturated carbocycles. The summed E-state index contributed by atoms with van der Waals surface area (Å²) in [6.45, 7) is 0. The molecular weight excluding hydrogens is 288 g/mol. The number of halogens is 2. The lowest BCUT2D eigenvalue weighted by Crippen LogP contribution is -1.89. The maximum absolute atomic E-state index is 10.8. The minimum absolute atomic E-state index is 0.505. The van der Waals surface area contributed by atoms with Crippen LogP contribution in [0.5, 0.6) is 0 Å². The van der Waals surface area contributed by atoms with E-state index >= 15 is 0 Å². The summed E-state index contributed by atoms with van der Waals surface area (Å²) in [5.41, 5.74) is 0.558. The van der Waals surface area contributed by atoms with Crippen LogP contribution in [0.1, 0.15) is 5.56 Å². The van der Waals surface area contributed by atoms with Gasteiger partial charge in [0.25, 0.3) is 0 Å². The van der Waals surface area contributed by atoms with Gasteiger partial charge in [-0.1, -0.05) is 17.7 Å². The van der Waals surface area contributed by atoms with Crippen molar-refractivity contribution in [3.05, 3.63) is 33.3 Å². The molecule has 0 aromatic heterocycles. The highest BCUT2D eigenvalue weighted by atomic mass is 79.9. The topological polar surface area (TPSA) is 34.1 Å². The normalized spacial score (nSPS) is 10.5. The van der Waals surface area contributed by atoms with Crippen molar-refractivity contribution in [1.82, 2.24) is 0 Å². The van der Waals surface area contributed by atoms with Crippen LogP contribution in [0.4, 0.5) is 0 Å². The van der Waals surface area contributed by atoms with Gasteiger partial charge in [-0.15, -0.1) is 0 Å². The number of benzene rings is 1. The molecule has 0 amide bonds. The molecule has 0 aliphatic heterocycles. The lowest BCUT2D eigenvalue weighted by Gasteiger charge is -1.96. The lowest BCUT2D eigenvalue weighted by atomic mass is 10.2. The van der Waals surface area contributed by atoms with Gasteiger partial charge in [-0.25, -0.2) is 8.42 Å². The quantitative estimate of drug-likeness (QED) is 0.689. The van der Waals surface area contributed by atoms with E-state index in [2.05, 4.69) is 27.1 Å². The Morgan fingerprint density at radius 2 is 2.07 bits per heavy atom. The minimum Gasteiger partial charge on any atom is -0.216 e. The summed E-state index contributed by atoms with van der Waals surface area (Å²) in [5.74, 6) is 2.52. The van der Waals surface area contributed by atoms with Crippen LogP contribution in [0.3, 0.4) is 0 Å². The first kappa shape index (κ1) is 11.6. The molecule has 0 aliphatic rings. The van der Waals surface area contributed by atoms with Gasteiger partial charge in [0, 0.05) is 10.8 Å². The second-order valence-corrected chi connectivity index (χ2v) is 5.55. The molecule has 0 heterocycles. The van der Waals surface area contributed by atoms with Crippen LogP contribution in [0.25, 0.3) is 0 Å². The third-order valence-electron chi connectivity index (χ3n) is 1.32. The summed E-state index contributed by atoms with van der Waals surface area (Å²) in [6, 6.07) is 5.09. The lowest BCUT2D eigenvalue weighted by molar-refractivity contribution is 0.611. The molecule has 0 atom stereocenters. The van der Waals surface area contributed by atoms with Crippen molar-refractivity contribution in [1.29, 1.82) is 0 Å². The Labute approximate surface area is 96.3 Å². The highest BCUT2D eigenvalue weighted by molar-refractivity contribution is 9.10. The number of rotatable bonds is 0. The minimum atomic E-state index is -3.28. The molecule has 2 nitrogen and oxygen atoms in total. The largest absolute Gasteiger partial charge is 0.216 e. The molecule has 0 spiro atoms. The van der Waals surface area contributed by atoms with Crippen LogP contribution in [-0.4, -0.2) is 14.7 Å². The van der Waals surface area contributed by atoms with Crippen molar-refractivity contribution in [3.8, 4) is 11.2 Å². The molecule has 0 aliphatic carbocycles. The predicted molar refractivity (Wildman–Crippen MR) is 60.9 cm³/mol. The van der Waals surface area contributed by atoms with E-state index < -0.39 is 9.84 Å². The predicted octanol–water partition coefficient (Wildman–Crippen LogP) is 2.46. The summed E-state index contributed by atoms with van der Waals surface area (Å²) in [7, 11) is -3.28. The van der Waals surface area contributed by atoms with E-state index in [1.165, 1.54) is 0 Å². The second kappa shape index (κ2) is 4.35. The fraction of sp³-hybridized carbons (Fsp3) is 0.111. The van der Waals surface area contributed by atoms with Gasteiger partial charge in [0.05, 0.1) is 15.8 Å². The number of hydrogen-bond acceptors (Lipinski definition) is 2. The summed E-state index contributed by atoms with van der Waals surface area (Å²) in [6.07, 6.45) is 1.05. The Hall–Kier alpha value is -0.500. The van der Waals surface area contributed by atoms with Crippen molar-refractivity contribution in [2.45, 2.75) is 0 Å². The van der Waals surface area contributed by atoms with Crippen LogP contribution in [0.2, 0.25) is 5.02 Å². The molecule has 1 rings (SSSR count). The van der Waals surface area contributed by atoms with Crippen molar-refractivity contribution in [2.24, 2.45) is 0 Å². The van der Waals surface area contributed by atoms with Crippen molar-refractivity contribution in [3.63, 3.8) is 0 Å². The third-order valence-corrected chi connectivity index (χ3v) is 3.19. The first-order chi connectivity index (χ1) is 6.40. The van der Waals surface area contributed by atoms with E-state index in [-0.39, 0.29) is 0 Å². The van der Waals surface area contributed by atoms with E-state index in [0.717, 1.165) is 6.26 Å². The van der Waals surface area contributed by atoms with E-state index in [4.69, 9.17) is 11.6 Å². The highest BCUT2D eigenvalue weighted by Gasteiger charge is 2.01. The van der Waals surface area contributed by atoms with Crippen molar-refractivity contribution in [2.75, 3.05) is 6.26 Å². The number of hydrogen-bond donors (Lipinski definition) is 0. The van der Waals surface area contributed by atoms with E-state index in [1.807, 2.05) is 0 Å². The molecule has 74 valence electrons. The Bertz CT molecular complexity index is 511. The van der Waals surface area contributed by atoms with Gasteiger partial charge >= 0.3 is 0 Å². The van der Waals surface area contributed by atoms with Crippen LogP contribution in [-0.2, 0) is 9.84 Å². The Kier molecular flexibility index (Phi) is 3.59. The van der Waals surface area contributed by atoms with E-state index in [0.29, 0.717) is 15.1 Å². The van der Waals surface area contributed by atoms with Crippen LogP contribution in [0, 0.1) is 11.2 Å². The van der Waals surface area contributed by atoms with Crippen LogP contribution < -0.4 is 0 Å². The highest BCUT2D eigenvalue weighted by Crippen LogP contribution is 2.25. The fourth-order valence-electron chi connectivity index (χ4n) is 0.748. The molecular formula is C9H6BrClO2S. The maximum Gasteiger partial charge on any atom is 0.214 e. The van der Waals surface area contributed by atoms with Gasteiger partial charge in [-0.05, 0) is 34.0 Å². The average Bonchev–Trinajstić information content (AvgIpc) is 2.06.